The lowest BCUT2D eigenvalue weighted by molar-refractivity contribution is -0.147. The molecule has 1 aliphatic rings. The van der Waals surface area contributed by atoms with E-state index >= 15 is 0 Å². The second-order valence-electron chi connectivity index (χ2n) is 6.91. The Morgan fingerprint density at radius 3 is 2.48 bits per heavy atom. The van der Waals surface area contributed by atoms with E-state index in [9.17, 15) is 23.1 Å². The van der Waals surface area contributed by atoms with Crippen molar-refractivity contribution in [2.45, 2.75) is 36.0 Å². The zero-order valence-electron chi connectivity index (χ0n) is 15.0. The molecule has 2 aromatic rings. The predicted molar refractivity (Wildman–Crippen MR) is 100 cm³/mol. The van der Waals surface area contributed by atoms with Gasteiger partial charge in [0.15, 0.2) is 9.84 Å². The fraction of sp³-hybridized carbons (Fsp3) is 0.300. The van der Waals surface area contributed by atoms with Gasteiger partial charge in [0.2, 0.25) is 0 Å². The summed E-state index contributed by atoms with van der Waals surface area (Å²) in [5.41, 5.74) is -0.429. The number of sulfone groups is 1. The normalized spacial score (nSPS) is 19.8. The third-order valence-corrected chi connectivity index (χ3v) is 6.67. The molecule has 27 heavy (non-hydrogen) atoms. The van der Waals surface area contributed by atoms with Crippen LogP contribution < -0.4 is 0 Å². The van der Waals surface area contributed by atoms with Crippen molar-refractivity contribution in [3.05, 3.63) is 65.7 Å². The first kappa shape index (κ1) is 19.1. The van der Waals surface area contributed by atoms with Gasteiger partial charge in [-0.1, -0.05) is 36.4 Å². The topological polar surface area (TPSA) is 91.8 Å². The van der Waals surface area contributed by atoms with Gasteiger partial charge in [-0.2, -0.15) is 0 Å². The fourth-order valence-corrected chi connectivity index (χ4v) is 4.76. The summed E-state index contributed by atoms with van der Waals surface area (Å²) in [6.07, 6.45) is 0.973. The zero-order chi connectivity index (χ0) is 19.7. The molecule has 0 saturated carbocycles. The number of aliphatic carboxylic acids is 1. The molecule has 3 rings (SSSR count). The lowest BCUT2D eigenvalue weighted by atomic mass is 9.98. The van der Waals surface area contributed by atoms with Crippen molar-refractivity contribution in [3.63, 3.8) is 0 Å². The standard InChI is InChI=1S/C20H21NO5S/c1-20(19(23)24)11-6-12-21(20)18(22)16-9-5-10-17(13-16)27(25,26)14-15-7-3-2-4-8-15/h2-5,7-10,13H,6,11-12,14H2,1H3,(H,23,24). The molecule has 1 atom stereocenters. The van der Waals surface area contributed by atoms with Crippen molar-refractivity contribution >= 4 is 21.7 Å². The number of amides is 1. The molecule has 6 nitrogen and oxygen atoms in total. The highest BCUT2D eigenvalue weighted by atomic mass is 32.2. The van der Waals surface area contributed by atoms with Gasteiger partial charge >= 0.3 is 5.97 Å². The molecule has 0 spiro atoms. The van der Waals surface area contributed by atoms with Gasteiger partial charge in [-0.15, -0.1) is 0 Å². The van der Waals surface area contributed by atoms with Crippen molar-refractivity contribution in [3.8, 4) is 0 Å². The predicted octanol–water partition coefficient (Wildman–Crippen LogP) is 2.74. The summed E-state index contributed by atoms with van der Waals surface area (Å²) in [7, 11) is -3.63. The van der Waals surface area contributed by atoms with Gasteiger partial charge in [0.1, 0.15) is 5.54 Å². The lowest BCUT2D eigenvalue weighted by Crippen LogP contribution is -2.50. The number of benzene rings is 2. The molecule has 1 saturated heterocycles. The van der Waals surface area contributed by atoms with E-state index in [1.807, 2.05) is 6.07 Å². The van der Waals surface area contributed by atoms with Crippen molar-refractivity contribution in [1.82, 2.24) is 4.90 Å². The van der Waals surface area contributed by atoms with Gasteiger partial charge < -0.3 is 10.0 Å². The minimum absolute atomic E-state index is 0.0495. The summed E-state index contributed by atoms with van der Waals surface area (Å²) >= 11 is 0. The fourth-order valence-electron chi connectivity index (χ4n) is 3.37. The maximum Gasteiger partial charge on any atom is 0.329 e. The van der Waals surface area contributed by atoms with Gasteiger partial charge in [0, 0.05) is 12.1 Å². The van der Waals surface area contributed by atoms with Crippen LogP contribution in [0, 0.1) is 0 Å². The van der Waals surface area contributed by atoms with Crippen molar-refractivity contribution in [2.75, 3.05) is 6.54 Å². The van der Waals surface area contributed by atoms with E-state index < -0.39 is 27.3 Å². The van der Waals surface area contributed by atoms with Crippen LogP contribution in [0.5, 0.6) is 0 Å². The summed E-state index contributed by atoms with van der Waals surface area (Å²) in [6, 6.07) is 14.6. The van der Waals surface area contributed by atoms with Gasteiger partial charge in [0.25, 0.3) is 5.91 Å². The third kappa shape index (κ3) is 3.73. The molecule has 1 N–H and O–H groups in total. The van der Waals surface area contributed by atoms with E-state index in [0.717, 1.165) is 0 Å². The maximum absolute atomic E-state index is 12.9. The van der Waals surface area contributed by atoms with Crippen molar-refractivity contribution < 1.29 is 23.1 Å². The number of carboxylic acid groups (broad SMARTS) is 1. The maximum atomic E-state index is 12.9. The Morgan fingerprint density at radius 1 is 1.11 bits per heavy atom. The molecule has 0 radical (unpaired) electrons. The Kier molecular flexibility index (Phi) is 5.06. The number of carboxylic acids is 1. The number of carbonyl (C=O) groups excluding carboxylic acids is 1. The summed E-state index contributed by atoms with van der Waals surface area (Å²) < 4.78 is 25.4. The van der Waals surface area contributed by atoms with E-state index in [-0.39, 0.29) is 16.2 Å². The van der Waals surface area contributed by atoms with Crippen molar-refractivity contribution in [2.24, 2.45) is 0 Å². The van der Waals surface area contributed by atoms with Crippen LogP contribution >= 0.6 is 0 Å². The Morgan fingerprint density at radius 2 is 1.81 bits per heavy atom. The monoisotopic (exact) mass is 387 g/mol. The lowest BCUT2D eigenvalue weighted by Gasteiger charge is -2.31. The first-order valence-electron chi connectivity index (χ1n) is 8.66. The molecule has 7 heteroatoms. The van der Waals surface area contributed by atoms with Crippen LogP contribution in [-0.2, 0) is 20.4 Å². The molecule has 1 unspecified atom stereocenters. The molecule has 1 aliphatic heterocycles. The highest BCUT2D eigenvalue weighted by Crippen LogP contribution is 2.31. The zero-order valence-corrected chi connectivity index (χ0v) is 15.8. The van der Waals surface area contributed by atoms with Crippen LogP contribution in [0.15, 0.2) is 59.5 Å². The van der Waals surface area contributed by atoms with Crippen LogP contribution in [0.3, 0.4) is 0 Å². The molecule has 1 fully saturated rings. The molecule has 1 amide bonds. The average Bonchev–Trinajstić information content (AvgIpc) is 3.05. The molecular weight excluding hydrogens is 366 g/mol. The van der Waals surface area contributed by atoms with Crippen LogP contribution in [-0.4, -0.2) is 42.4 Å². The van der Waals surface area contributed by atoms with E-state index in [1.54, 1.807) is 24.3 Å². The second-order valence-corrected chi connectivity index (χ2v) is 8.90. The van der Waals surface area contributed by atoms with Crippen LogP contribution in [0.2, 0.25) is 0 Å². The van der Waals surface area contributed by atoms with Gasteiger partial charge in [-0.25, -0.2) is 13.2 Å². The highest BCUT2D eigenvalue weighted by Gasteiger charge is 2.46. The third-order valence-electron chi connectivity index (χ3n) is 4.99. The SMILES string of the molecule is CC1(C(=O)O)CCCN1C(=O)c1cccc(S(=O)(=O)Cc2ccccc2)c1. The highest BCUT2D eigenvalue weighted by molar-refractivity contribution is 7.90. The minimum Gasteiger partial charge on any atom is -0.480 e. The van der Waals surface area contributed by atoms with E-state index in [0.29, 0.717) is 24.9 Å². The Balaban J connectivity index is 1.89. The number of hydrogen-bond acceptors (Lipinski definition) is 4. The number of likely N-dealkylation sites (tertiary alicyclic amines) is 1. The van der Waals surface area contributed by atoms with E-state index in [4.69, 9.17) is 0 Å². The number of hydrogen-bond donors (Lipinski definition) is 1. The van der Waals surface area contributed by atoms with Gasteiger partial charge in [0.05, 0.1) is 10.6 Å². The molecule has 0 aliphatic carbocycles. The number of nitrogens with zero attached hydrogens (tertiary/aromatic N) is 1. The van der Waals surface area contributed by atoms with Gasteiger partial charge in [-0.3, -0.25) is 4.79 Å². The first-order valence-corrected chi connectivity index (χ1v) is 10.3. The largest absolute Gasteiger partial charge is 0.480 e. The van der Waals surface area contributed by atoms with Crippen molar-refractivity contribution in [1.29, 1.82) is 0 Å². The molecule has 142 valence electrons. The Bertz CT molecular complexity index is 971. The van der Waals surface area contributed by atoms with Crippen LogP contribution in [0.4, 0.5) is 0 Å². The summed E-state index contributed by atoms with van der Waals surface area (Å²) in [5, 5.41) is 9.50. The Hall–Kier alpha value is -2.67. The first-order chi connectivity index (χ1) is 12.7. The summed E-state index contributed by atoms with van der Waals surface area (Å²) in [4.78, 5) is 25.8. The van der Waals surface area contributed by atoms with E-state index in [2.05, 4.69) is 0 Å². The second kappa shape index (κ2) is 7.15. The molecule has 1 heterocycles. The van der Waals surface area contributed by atoms with E-state index in [1.165, 1.54) is 36.1 Å². The smallest absolute Gasteiger partial charge is 0.329 e. The Labute approximate surface area is 158 Å². The number of rotatable bonds is 5. The quantitative estimate of drug-likeness (QED) is 0.852. The number of carbonyl (C=O) groups is 2. The average molecular weight is 387 g/mol. The van der Waals surface area contributed by atoms with Crippen LogP contribution in [0.25, 0.3) is 0 Å². The molecule has 2 aromatic carbocycles. The molecule has 0 bridgehead atoms. The van der Waals surface area contributed by atoms with Gasteiger partial charge in [-0.05, 0) is 43.5 Å². The summed E-state index contributed by atoms with van der Waals surface area (Å²) in [6.45, 7) is 1.86. The molecular formula is C20H21NO5S. The summed E-state index contributed by atoms with van der Waals surface area (Å²) in [5.74, 6) is -1.68. The minimum atomic E-state index is -3.63. The van der Waals surface area contributed by atoms with Crippen LogP contribution in [0.1, 0.15) is 35.7 Å². The molecule has 0 aromatic heterocycles.